The fraction of sp³-hybridized carbons (Fsp3) is 0.333. The minimum Gasteiger partial charge on any atom is -0.397 e. The number of hydrogen-bond acceptors (Lipinski definition) is 3. The predicted octanol–water partition coefficient (Wildman–Crippen LogP) is 0.186. The lowest BCUT2D eigenvalue weighted by Gasteiger charge is -2.09. The summed E-state index contributed by atoms with van der Waals surface area (Å²) in [5, 5.41) is 2.69. The van der Waals surface area contributed by atoms with E-state index < -0.39 is 5.54 Å². The number of aromatic amines is 1. The van der Waals surface area contributed by atoms with Crippen molar-refractivity contribution >= 4 is 23.4 Å². The van der Waals surface area contributed by atoms with Crippen LogP contribution in [0.15, 0.2) is 12.3 Å². The third-order valence-electron chi connectivity index (χ3n) is 2.84. The highest BCUT2D eigenvalue weighted by Gasteiger charge is 2.60. The van der Waals surface area contributed by atoms with E-state index in [9.17, 15) is 9.59 Å². The first-order chi connectivity index (χ1) is 7.12. The Morgan fingerprint density at radius 2 is 2.13 bits per heavy atom. The second-order valence-corrected chi connectivity index (χ2v) is 3.97. The average Bonchev–Trinajstić information content (AvgIpc) is 2.76. The number of imide groups is 1. The minimum absolute atomic E-state index is 0.186. The molecule has 15 heavy (non-hydrogen) atoms. The van der Waals surface area contributed by atoms with E-state index in [-0.39, 0.29) is 11.9 Å². The molecule has 1 saturated carbocycles. The molecule has 1 aromatic heterocycles. The SMILES string of the molecule is Nc1c[nH]c(N2C(=O)NC3(CC3)C2=O)c1. The number of carbonyl (C=O) groups is 2. The normalized spacial score (nSPS) is 22.3. The van der Waals surface area contributed by atoms with E-state index >= 15 is 0 Å². The zero-order chi connectivity index (χ0) is 10.6. The van der Waals surface area contributed by atoms with Crippen LogP contribution in [0.3, 0.4) is 0 Å². The number of hydrogen-bond donors (Lipinski definition) is 3. The number of nitrogens with zero attached hydrogens (tertiary/aromatic N) is 1. The predicted molar refractivity (Wildman–Crippen MR) is 53.2 cm³/mol. The lowest BCUT2D eigenvalue weighted by molar-refractivity contribution is -0.119. The van der Waals surface area contributed by atoms with Crippen molar-refractivity contribution in [1.82, 2.24) is 10.3 Å². The fourth-order valence-corrected chi connectivity index (χ4v) is 1.83. The number of H-pyrrole nitrogens is 1. The van der Waals surface area contributed by atoms with Gasteiger partial charge in [0.05, 0.1) is 5.69 Å². The van der Waals surface area contributed by atoms with E-state index in [1.54, 1.807) is 12.3 Å². The maximum absolute atomic E-state index is 11.9. The maximum atomic E-state index is 11.9. The summed E-state index contributed by atoms with van der Waals surface area (Å²) in [7, 11) is 0. The van der Waals surface area contributed by atoms with Gasteiger partial charge in [0.1, 0.15) is 11.4 Å². The third kappa shape index (κ3) is 0.984. The van der Waals surface area contributed by atoms with Gasteiger partial charge in [-0.2, -0.15) is 0 Å². The van der Waals surface area contributed by atoms with E-state index in [1.165, 1.54) is 0 Å². The first-order valence-corrected chi connectivity index (χ1v) is 4.73. The molecule has 0 atom stereocenters. The molecule has 6 nitrogen and oxygen atoms in total. The molecule has 0 aromatic carbocycles. The Kier molecular flexibility index (Phi) is 1.30. The summed E-state index contributed by atoms with van der Waals surface area (Å²) in [6, 6.07) is 1.19. The van der Waals surface area contributed by atoms with Crippen molar-refractivity contribution in [1.29, 1.82) is 0 Å². The van der Waals surface area contributed by atoms with Crippen LogP contribution in [0.25, 0.3) is 0 Å². The molecule has 0 bridgehead atoms. The first kappa shape index (κ1) is 8.34. The molecule has 3 amide bonds. The van der Waals surface area contributed by atoms with Gasteiger partial charge in [-0.15, -0.1) is 0 Å². The van der Waals surface area contributed by atoms with Gasteiger partial charge in [-0.05, 0) is 12.8 Å². The van der Waals surface area contributed by atoms with E-state index in [1.807, 2.05) is 0 Å². The van der Waals surface area contributed by atoms with Crippen molar-refractivity contribution in [3.63, 3.8) is 0 Å². The van der Waals surface area contributed by atoms with Crippen molar-refractivity contribution in [3.8, 4) is 0 Å². The Hall–Kier alpha value is -1.98. The van der Waals surface area contributed by atoms with Gasteiger partial charge in [0.15, 0.2) is 0 Å². The standard InChI is InChI=1S/C9H10N4O2/c10-5-3-6(11-4-5)13-7(14)9(1-2-9)12-8(13)15/h3-4,11H,1-2,10H2,(H,12,15). The highest BCUT2D eigenvalue weighted by molar-refractivity contribution is 6.24. The van der Waals surface area contributed by atoms with Crippen LogP contribution < -0.4 is 16.0 Å². The van der Waals surface area contributed by atoms with Crippen LogP contribution in [0, 0.1) is 0 Å². The van der Waals surface area contributed by atoms with Gasteiger partial charge in [0.25, 0.3) is 5.91 Å². The van der Waals surface area contributed by atoms with Gasteiger partial charge in [0, 0.05) is 12.3 Å². The molecule has 2 fully saturated rings. The molecule has 1 saturated heterocycles. The number of amides is 3. The largest absolute Gasteiger partial charge is 0.397 e. The number of nitrogens with two attached hydrogens (primary N) is 1. The van der Waals surface area contributed by atoms with Gasteiger partial charge in [-0.25, -0.2) is 9.69 Å². The number of carbonyl (C=O) groups excluding carboxylic acids is 2. The molecule has 3 rings (SSSR count). The van der Waals surface area contributed by atoms with Crippen LogP contribution in [0.5, 0.6) is 0 Å². The van der Waals surface area contributed by atoms with Crippen molar-refractivity contribution in [2.45, 2.75) is 18.4 Å². The van der Waals surface area contributed by atoms with Gasteiger partial charge in [-0.3, -0.25) is 4.79 Å². The quantitative estimate of drug-likeness (QED) is 0.572. The van der Waals surface area contributed by atoms with Gasteiger partial charge < -0.3 is 16.0 Å². The molecule has 0 unspecified atom stereocenters. The van der Waals surface area contributed by atoms with E-state index in [0.29, 0.717) is 11.5 Å². The highest BCUT2D eigenvalue weighted by atomic mass is 16.2. The Morgan fingerprint density at radius 1 is 1.40 bits per heavy atom. The molecule has 0 radical (unpaired) electrons. The molecule has 6 heteroatoms. The van der Waals surface area contributed by atoms with Crippen LogP contribution in [0.1, 0.15) is 12.8 Å². The summed E-state index contributed by atoms with van der Waals surface area (Å²) in [5.41, 5.74) is 5.41. The van der Waals surface area contributed by atoms with E-state index in [4.69, 9.17) is 5.73 Å². The molecule has 78 valence electrons. The number of rotatable bonds is 1. The molecule has 2 aliphatic rings. The molecule has 2 heterocycles. The Bertz CT molecular complexity index is 460. The number of nitrogens with one attached hydrogen (secondary N) is 2. The first-order valence-electron chi connectivity index (χ1n) is 4.73. The second kappa shape index (κ2) is 2.33. The number of aromatic nitrogens is 1. The Labute approximate surface area is 85.4 Å². The molecule has 1 spiro atoms. The van der Waals surface area contributed by atoms with Crippen LogP contribution in [-0.2, 0) is 4.79 Å². The highest BCUT2D eigenvalue weighted by Crippen LogP contribution is 2.42. The lowest BCUT2D eigenvalue weighted by atomic mass is 10.3. The van der Waals surface area contributed by atoms with Gasteiger partial charge >= 0.3 is 6.03 Å². The zero-order valence-electron chi connectivity index (χ0n) is 7.91. The maximum Gasteiger partial charge on any atom is 0.330 e. The third-order valence-corrected chi connectivity index (χ3v) is 2.84. The topological polar surface area (TPSA) is 91.2 Å². The molecular weight excluding hydrogens is 196 g/mol. The van der Waals surface area contributed by atoms with Crippen molar-refractivity contribution < 1.29 is 9.59 Å². The Balaban J connectivity index is 1.99. The van der Waals surface area contributed by atoms with Crippen LogP contribution >= 0.6 is 0 Å². The summed E-state index contributed by atoms with van der Waals surface area (Å²) < 4.78 is 0. The lowest BCUT2D eigenvalue weighted by Crippen LogP contribution is -2.32. The smallest absolute Gasteiger partial charge is 0.330 e. The molecule has 1 aliphatic heterocycles. The summed E-state index contributed by atoms with van der Waals surface area (Å²) in [5.74, 6) is 0.244. The van der Waals surface area contributed by atoms with Crippen LogP contribution in [-0.4, -0.2) is 22.5 Å². The molecule has 4 N–H and O–H groups in total. The summed E-state index contributed by atoms with van der Waals surface area (Å²) >= 11 is 0. The number of urea groups is 1. The average molecular weight is 206 g/mol. The van der Waals surface area contributed by atoms with Crippen LogP contribution in [0.4, 0.5) is 16.3 Å². The van der Waals surface area contributed by atoms with Gasteiger partial charge in [0.2, 0.25) is 0 Å². The van der Waals surface area contributed by atoms with Crippen molar-refractivity contribution in [3.05, 3.63) is 12.3 Å². The van der Waals surface area contributed by atoms with Crippen molar-refractivity contribution in [2.24, 2.45) is 0 Å². The zero-order valence-corrected chi connectivity index (χ0v) is 7.91. The van der Waals surface area contributed by atoms with Gasteiger partial charge in [-0.1, -0.05) is 0 Å². The van der Waals surface area contributed by atoms with E-state index in [2.05, 4.69) is 10.3 Å². The summed E-state index contributed by atoms with van der Waals surface area (Å²) in [4.78, 5) is 27.4. The van der Waals surface area contributed by atoms with Crippen molar-refractivity contribution in [2.75, 3.05) is 10.6 Å². The molecular formula is C9H10N4O2. The number of nitrogen functional groups attached to an aromatic ring is 1. The summed E-state index contributed by atoms with van der Waals surface area (Å²) in [6.07, 6.45) is 3.00. The summed E-state index contributed by atoms with van der Waals surface area (Å²) in [6.45, 7) is 0. The van der Waals surface area contributed by atoms with Crippen LogP contribution in [0.2, 0.25) is 0 Å². The Morgan fingerprint density at radius 3 is 2.60 bits per heavy atom. The minimum atomic E-state index is -0.614. The fourth-order valence-electron chi connectivity index (χ4n) is 1.83. The number of anilines is 2. The molecule has 1 aliphatic carbocycles. The van der Waals surface area contributed by atoms with E-state index in [0.717, 1.165) is 17.7 Å². The second-order valence-electron chi connectivity index (χ2n) is 3.97. The molecule has 1 aromatic rings. The monoisotopic (exact) mass is 206 g/mol.